The fourth-order valence-electron chi connectivity index (χ4n) is 14.9. The summed E-state index contributed by atoms with van der Waals surface area (Å²) in [5.41, 5.74) is 35.5. The third-order valence-corrected chi connectivity index (χ3v) is 21.7. The van der Waals surface area contributed by atoms with E-state index in [4.69, 9.17) is 88.3 Å². The third-order valence-electron chi connectivity index (χ3n) is 20.6. The number of aliphatic hydroxyl groups excluding tert-OH is 1. The molecule has 40 heteroatoms. The first-order valence-electron chi connectivity index (χ1n) is 38.3. The zero-order valence-electron chi connectivity index (χ0n) is 69.3. The molecule has 0 saturated carbocycles. The van der Waals surface area contributed by atoms with Crippen LogP contribution in [0.25, 0.3) is 0 Å². The molecule has 9 N–H and O–H groups in total. The first kappa shape index (κ1) is 89.3. The van der Waals surface area contributed by atoms with E-state index in [0.29, 0.717) is 86.1 Å². The van der Waals surface area contributed by atoms with Crippen LogP contribution < -0.4 is 81.1 Å². The Hall–Kier alpha value is -11.1. The minimum atomic E-state index is -0.287. The van der Waals surface area contributed by atoms with Crippen molar-refractivity contribution < 1.29 is 48.0 Å². The van der Waals surface area contributed by atoms with Gasteiger partial charge in [0.2, 0.25) is 53.3 Å². The second-order valence-electron chi connectivity index (χ2n) is 29.1. The number of nitrogens with two attached hydrogens (primary N) is 4. The molecule has 1 fully saturated rings. The van der Waals surface area contributed by atoms with E-state index in [1.807, 2.05) is 92.9 Å². The van der Waals surface area contributed by atoms with Crippen LogP contribution in [0.5, 0.6) is 23.0 Å². The van der Waals surface area contributed by atoms with Crippen molar-refractivity contribution >= 4 is 146 Å². The van der Waals surface area contributed by atoms with Crippen molar-refractivity contribution in [1.82, 2.24) is 69.6 Å². The number of ether oxygens (including phenoxy) is 4. The fourth-order valence-corrected chi connectivity index (χ4v) is 16.0. The maximum Gasteiger partial charge on any atom is 0.247 e. The summed E-state index contributed by atoms with van der Waals surface area (Å²) < 4.78 is 22.0. The van der Waals surface area contributed by atoms with Crippen LogP contribution in [0.4, 0.5) is 69.8 Å². The zero-order chi connectivity index (χ0) is 86.0. The Kier molecular flexibility index (Phi) is 29.5. The van der Waals surface area contributed by atoms with Gasteiger partial charge in [0.15, 0.2) is 43.9 Å². The Labute approximate surface area is 705 Å². The van der Waals surface area contributed by atoms with Crippen LogP contribution in [-0.2, 0) is 50.2 Å². The summed E-state index contributed by atoms with van der Waals surface area (Å²) in [6, 6.07) is 0. The maximum absolute atomic E-state index is 13.1. The second kappa shape index (κ2) is 39.0. The summed E-state index contributed by atoms with van der Waals surface area (Å²) in [6.07, 6.45) is 9.39. The van der Waals surface area contributed by atoms with Crippen molar-refractivity contribution in [3.63, 3.8) is 0 Å². The molecule has 0 bridgehead atoms. The maximum atomic E-state index is 13.1. The van der Waals surface area contributed by atoms with Gasteiger partial charge in [-0.05, 0) is 101 Å². The molecular formula is C78H102Cl4N26O10. The molecule has 0 radical (unpaired) electrons. The molecule has 5 amide bonds. The highest BCUT2D eigenvalue weighted by Gasteiger charge is 2.40. The number of hydrogen-bond donors (Lipinski definition) is 5. The highest BCUT2D eigenvalue weighted by Crippen LogP contribution is 2.44. The summed E-state index contributed by atoms with van der Waals surface area (Å²) in [4.78, 5) is 133. The van der Waals surface area contributed by atoms with Crippen LogP contribution in [0.1, 0.15) is 108 Å². The van der Waals surface area contributed by atoms with Crippen LogP contribution in [-0.4, -0.2) is 224 Å². The number of aliphatic hydroxyl groups is 1. The molecule has 13 heterocycles. The number of likely N-dealkylation sites (N-methyl/N-ethyl adjacent to an activating group) is 1. The van der Waals surface area contributed by atoms with Gasteiger partial charge in [0, 0.05) is 109 Å². The number of halogens is 4. The van der Waals surface area contributed by atoms with Gasteiger partial charge < -0.3 is 91.1 Å². The predicted molar refractivity (Wildman–Crippen MR) is 456 cm³/mol. The van der Waals surface area contributed by atoms with Gasteiger partial charge in [-0.25, -0.2) is 0 Å². The summed E-state index contributed by atoms with van der Waals surface area (Å²) in [6.45, 7) is 29.9. The number of pyridine rings is 4. The molecule has 632 valence electrons. The molecule has 0 spiro atoms. The van der Waals surface area contributed by atoms with Crippen molar-refractivity contribution in [3.8, 4) is 23.0 Å². The average Bonchev–Trinajstić information content (AvgIpc) is 0.806. The van der Waals surface area contributed by atoms with Crippen LogP contribution in [0, 0.1) is 61.3 Å². The minimum absolute atomic E-state index is 0.00761. The molecule has 5 aliphatic heterocycles. The highest BCUT2D eigenvalue weighted by atomic mass is 35.5. The molecule has 0 unspecified atom stereocenters. The van der Waals surface area contributed by atoms with Crippen molar-refractivity contribution in [1.29, 1.82) is 0 Å². The van der Waals surface area contributed by atoms with Gasteiger partial charge in [-0.1, -0.05) is 60.3 Å². The molecule has 8 aromatic heterocycles. The Balaban J connectivity index is 0.000000166. The molecular weight excluding hydrogens is 1600 g/mol. The number of β-amino-alcohol motifs (C(OH)–C–C–N with tert-alkyl or cyclic N) is 1. The lowest BCUT2D eigenvalue weighted by molar-refractivity contribution is -0.131. The molecule has 118 heavy (non-hydrogen) atoms. The van der Waals surface area contributed by atoms with E-state index in [2.05, 4.69) is 64.7 Å². The smallest absolute Gasteiger partial charge is 0.247 e. The van der Waals surface area contributed by atoms with Gasteiger partial charge in [-0.15, -0.1) is 0 Å². The van der Waals surface area contributed by atoms with E-state index in [-0.39, 0.29) is 138 Å². The highest BCUT2D eigenvalue weighted by molar-refractivity contribution is 6.35. The number of rotatable bonds is 23. The van der Waals surface area contributed by atoms with Crippen LogP contribution >= 0.6 is 46.4 Å². The lowest BCUT2D eigenvalue weighted by atomic mass is 10.1. The van der Waals surface area contributed by atoms with Gasteiger partial charge in [0.1, 0.15) is 52.3 Å². The van der Waals surface area contributed by atoms with E-state index in [1.165, 1.54) is 22.6 Å². The number of aromatic nitrogens is 12. The first-order chi connectivity index (χ1) is 56.2. The van der Waals surface area contributed by atoms with Gasteiger partial charge in [0.25, 0.3) is 0 Å². The van der Waals surface area contributed by atoms with E-state index in [9.17, 15) is 29.1 Å². The monoisotopic (exact) mass is 1700 g/mol. The molecule has 1 saturated heterocycles. The number of hydrogen-bond acceptors (Lipinski definition) is 31. The molecule has 0 aromatic carbocycles. The van der Waals surface area contributed by atoms with Gasteiger partial charge in [-0.2, -0.15) is 39.9 Å². The van der Waals surface area contributed by atoms with E-state index >= 15 is 0 Å². The van der Waals surface area contributed by atoms with E-state index in [0.717, 1.165) is 110 Å². The number of carbonyl (C=O) groups is 5. The number of likely N-dealkylation sites (tertiary alicyclic amines) is 1. The van der Waals surface area contributed by atoms with Crippen LogP contribution in [0.15, 0.2) is 24.8 Å². The first-order valence-corrected chi connectivity index (χ1v) is 39.8. The Morgan fingerprint density at radius 3 is 1.01 bits per heavy atom. The molecule has 36 nitrogen and oxygen atoms in total. The normalized spacial score (nSPS) is 14.4. The van der Waals surface area contributed by atoms with Crippen molar-refractivity contribution in [3.05, 3.63) is 113 Å². The molecule has 13 rings (SSSR count). The minimum Gasteiger partial charge on any atom is -0.496 e. The topological polar surface area (TPSA) is 434 Å². The van der Waals surface area contributed by atoms with E-state index < -0.39 is 0 Å². The SMILES string of the molecule is CCN(CC)C(=O)CN1C(=O)CN(Cc2ncc(C)c(OC)c2C)c2nc(N)nc(Cl)c21.COc1c(C)cnc(CN2CC(=O)N(CC(C)C)c3c(Cl)nc(N)nc32)c1C.COc1c(C)cnc(CN2CC(=O)N(CCN3CCCC3)c3c(Cl)nc(N)nc32)c1C.COc1c(C)cnc(CN2CC(=O)N(CCO)c3c(Cl)nc(N)nc32)c1C. The number of fused-ring (bicyclic) bond motifs is 4. The van der Waals surface area contributed by atoms with Gasteiger partial charge in [0.05, 0.1) is 110 Å². The molecule has 8 aromatic rings. The zero-order valence-corrected chi connectivity index (χ0v) is 72.3. The third kappa shape index (κ3) is 19.7. The van der Waals surface area contributed by atoms with Crippen LogP contribution in [0.3, 0.4) is 0 Å². The number of aryl methyl sites for hydroxylation is 4. The van der Waals surface area contributed by atoms with E-state index in [1.54, 1.807) is 77.7 Å². The number of nitrogens with zero attached hydrogens (tertiary/aromatic N) is 22. The standard InChI is InChI=1S/C21H28ClN7O3.C21H28ClN7O2.C19H25ClN6O2.C17H21ClN6O3/c1-6-27(7-2)15(30)11-29-16(31)10-28(20-17(29)19(22)25-21(23)26-20)9-14-13(4)18(32-5)12(3)8-24-14;1-13-10-24-15(14(2)18(13)31-3)11-28-12-16(30)29(9-8-27-6-4-5-7-27)17-19(22)25-21(23)26-20(17)28;1-10(2)7-26-14(27)9-25(18-15(26)17(20)23-19(21)24-18)8-13-12(4)16(28-5)11(3)6-22-13;1-9-6-20-11(10(2)14(9)27-3)7-23-8-12(26)24(4-5-25)13-15(18)21-17(19)22-16(13)23/h8H,6-7,9-11H2,1-5H3,(H2,23,25,26);10H,4-9,11-12H2,1-3H3,(H2,23,25,26);6,10H,7-9H2,1-5H3,(H2,21,23,24);6,25H,4-5,7-8H2,1-3H3,(H2,19,21,22). The Morgan fingerprint density at radius 1 is 0.441 bits per heavy atom. The van der Waals surface area contributed by atoms with Gasteiger partial charge in [-0.3, -0.25) is 48.8 Å². The van der Waals surface area contributed by atoms with Crippen molar-refractivity contribution in [2.75, 3.05) is 182 Å². The Morgan fingerprint density at radius 2 is 0.720 bits per heavy atom. The van der Waals surface area contributed by atoms with Crippen LogP contribution in [0.2, 0.25) is 20.6 Å². The predicted octanol–water partition coefficient (Wildman–Crippen LogP) is 7.96. The number of amides is 5. The van der Waals surface area contributed by atoms with Gasteiger partial charge >= 0.3 is 0 Å². The molecule has 0 aliphatic carbocycles. The number of nitrogen functional groups attached to an aromatic ring is 4. The summed E-state index contributed by atoms with van der Waals surface area (Å²) >= 11 is 25.5. The Bertz CT molecular complexity index is 5080. The quantitative estimate of drug-likeness (QED) is 0.0379. The van der Waals surface area contributed by atoms with Crippen molar-refractivity contribution in [2.45, 2.75) is 122 Å². The molecule has 0 atom stereocenters. The average molecular weight is 1710 g/mol. The lowest BCUT2D eigenvalue weighted by Crippen LogP contribution is -2.50. The number of carbonyl (C=O) groups excluding carboxylic acids is 5. The second-order valence-corrected chi connectivity index (χ2v) is 30.5. The molecule has 5 aliphatic rings. The largest absolute Gasteiger partial charge is 0.496 e. The number of methoxy groups -OCH3 is 4. The number of anilines is 12. The van der Waals surface area contributed by atoms with Crippen molar-refractivity contribution in [2.24, 2.45) is 5.92 Å². The lowest BCUT2D eigenvalue weighted by Gasteiger charge is -2.37. The summed E-state index contributed by atoms with van der Waals surface area (Å²) in [7, 11) is 6.50. The fraction of sp³-hybridized carbons (Fsp3) is 0.474. The summed E-state index contributed by atoms with van der Waals surface area (Å²) in [5.74, 6) is 4.59. The summed E-state index contributed by atoms with van der Waals surface area (Å²) in [5, 5.41) is 9.73.